The molecular weight excluding hydrogens is 494 g/mol. The fourth-order valence-corrected chi connectivity index (χ4v) is 5.50. The maximum atomic E-state index is 11.3. The van der Waals surface area contributed by atoms with Crippen LogP contribution in [0.4, 0.5) is 0 Å². The van der Waals surface area contributed by atoms with E-state index in [1.165, 1.54) is 11.1 Å². The standard InChI is InChI=1S/C35H57N3O2/c1-32(2,3)28-14-24-12-11-13-34(7,8)21-36-19-26-16-29(33(4,5)6)17-27(31(26)40)20-38-23-35(9,10)22-37-18-25(15-28)30(24)39/h14-17,36-40H,11-13,18-23H2,1-10H3. The second kappa shape index (κ2) is 12.4. The molecule has 0 fully saturated rings. The van der Waals surface area contributed by atoms with Gasteiger partial charge in [0.2, 0.25) is 0 Å². The van der Waals surface area contributed by atoms with E-state index in [9.17, 15) is 10.2 Å². The lowest BCUT2D eigenvalue weighted by atomic mass is 9.82. The summed E-state index contributed by atoms with van der Waals surface area (Å²) < 4.78 is 0. The second-order valence-electron chi connectivity index (χ2n) is 15.8. The van der Waals surface area contributed by atoms with Crippen LogP contribution < -0.4 is 16.0 Å². The van der Waals surface area contributed by atoms with Gasteiger partial charge in [0, 0.05) is 56.0 Å². The lowest BCUT2D eigenvalue weighted by Gasteiger charge is -2.28. The molecule has 1 heterocycles. The summed E-state index contributed by atoms with van der Waals surface area (Å²) in [5.74, 6) is 0.852. The normalized spacial score (nSPS) is 19.6. The number of aromatic hydroxyl groups is 2. The van der Waals surface area contributed by atoms with Crippen LogP contribution in [0, 0.1) is 10.8 Å². The number of hydrogen-bond acceptors (Lipinski definition) is 5. The Labute approximate surface area is 244 Å². The molecule has 0 unspecified atom stereocenters. The Morgan fingerprint density at radius 3 is 1.32 bits per heavy atom. The molecule has 5 nitrogen and oxygen atoms in total. The van der Waals surface area contributed by atoms with E-state index < -0.39 is 0 Å². The molecule has 0 spiro atoms. The third-order valence-corrected chi connectivity index (χ3v) is 8.32. The minimum atomic E-state index is -0.00581. The maximum absolute atomic E-state index is 11.3. The van der Waals surface area contributed by atoms with E-state index in [-0.39, 0.29) is 21.7 Å². The molecule has 4 bridgehead atoms. The number of rotatable bonds is 0. The van der Waals surface area contributed by atoms with Crippen molar-refractivity contribution in [1.29, 1.82) is 0 Å². The smallest absolute Gasteiger partial charge is 0.124 e. The Morgan fingerprint density at radius 1 is 0.575 bits per heavy atom. The Balaban J connectivity index is 1.91. The van der Waals surface area contributed by atoms with Gasteiger partial charge in [-0.05, 0) is 57.6 Å². The third-order valence-electron chi connectivity index (χ3n) is 8.32. The highest BCUT2D eigenvalue weighted by Gasteiger charge is 2.24. The molecule has 0 amide bonds. The van der Waals surface area contributed by atoms with Crippen LogP contribution in [-0.2, 0) is 36.9 Å². The molecule has 0 radical (unpaired) electrons. The highest BCUT2D eigenvalue weighted by molar-refractivity contribution is 5.47. The second-order valence-corrected chi connectivity index (χ2v) is 15.8. The summed E-state index contributed by atoms with van der Waals surface area (Å²) >= 11 is 0. The molecule has 1 aliphatic rings. The van der Waals surface area contributed by atoms with Crippen molar-refractivity contribution in [3.05, 3.63) is 57.6 Å². The molecule has 1 aliphatic heterocycles. The first kappa shape index (κ1) is 32.4. The molecule has 0 saturated heterocycles. The first-order valence-electron chi connectivity index (χ1n) is 15.2. The molecule has 40 heavy (non-hydrogen) atoms. The minimum absolute atomic E-state index is 0.00170. The third kappa shape index (κ3) is 8.96. The van der Waals surface area contributed by atoms with Crippen molar-refractivity contribution in [2.75, 3.05) is 19.6 Å². The first-order chi connectivity index (χ1) is 18.4. The predicted molar refractivity (Wildman–Crippen MR) is 169 cm³/mol. The first-order valence-corrected chi connectivity index (χ1v) is 15.2. The summed E-state index contributed by atoms with van der Waals surface area (Å²) in [7, 11) is 0. The zero-order valence-electron chi connectivity index (χ0n) is 27.1. The van der Waals surface area contributed by atoms with Gasteiger partial charge in [-0.1, -0.05) is 93.5 Å². The van der Waals surface area contributed by atoms with Crippen LogP contribution >= 0.6 is 0 Å². The average molecular weight is 552 g/mol. The van der Waals surface area contributed by atoms with Crippen LogP contribution in [-0.4, -0.2) is 29.8 Å². The summed E-state index contributed by atoms with van der Waals surface area (Å²) in [6, 6.07) is 8.73. The van der Waals surface area contributed by atoms with Crippen molar-refractivity contribution in [1.82, 2.24) is 16.0 Å². The lowest BCUT2D eigenvalue weighted by molar-refractivity contribution is 0.303. The van der Waals surface area contributed by atoms with Gasteiger partial charge in [0.25, 0.3) is 0 Å². The van der Waals surface area contributed by atoms with Crippen LogP contribution in [0.5, 0.6) is 11.5 Å². The number of hydrogen-bond donors (Lipinski definition) is 5. The van der Waals surface area contributed by atoms with E-state index in [4.69, 9.17) is 0 Å². The molecule has 2 aromatic rings. The Kier molecular flexibility index (Phi) is 10.1. The molecule has 2 aromatic carbocycles. The van der Waals surface area contributed by atoms with Crippen LogP contribution in [0.25, 0.3) is 0 Å². The summed E-state index contributed by atoms with van der Waals surface area (Å²) in [4.78, 5) is 0. The molecule has 0 atom stereocenters. The molecule has 224 valence electrons. The summed E-state index contributed by atoms with van der Waals surface area (Å²) in [6.07, 6.45) is 2.92. The average Bonchev–Trinajstić information content (AvgIpc) is 2.80. The summed E-state index contributed by atoms with van der Waals surface area (Å²) in [6.45, 7) is 26.9. The van der Waals surface area contributed by atoms with Gasteiger partial charge in [-0.25, -0.2) is 0 Å². The van der Waals surface area contributed by atoms with Crippen molar-refractivity contribution in [2.24, 2.45) is 10.8 Å². The van der Waals surface area contributed by atoms with Crippen molar-refractivity contribution in [3.8, 4) is 11.5 Å². The fourth-order valence-electron chi connectivity index (χ4n) is 5.50. The Hall–Kier alpha value is -2.08. The minimum Gasteiger partial charge on any atom is -0.507 e. The lowest BCUT2D eigenvalue weighted by Crippen LogP contribution is -2.37. The SMILES string of the molecule is CC1(C)CCCc2cc(C(C)(C)C)cc(c2O)CNCC(C)(C)CNCc2cc(C(C)(C)C)cc(c2O)CNC1. The number of fused-ring (bicyclic) bond motifs is 4. The van der Waals surface area contributed by atoms with E-state index in [0.717, 1.165) is 61.2 Å². The molecular formula is C35H57N3O2. The maximum Gasteiger partial charge on any atom is 0.124 e. The largest absolute Gasteiger partial charge is 0.507 e. The summed E-state index contributed by atoms with van der Waals surface area (Å²) in [5.41, 5.74) is 6.59. The van der Waals surface area contributed by atoms with Crippen molar-refractivity contribution >= 4 is 0 Å². The van der Waals surface area contributed by atoms with Crippen molar-refractivity contribution in [2.45, 2.75) is 119 Å². The Bertz CT molecular complexity index is 995. The van der Waals surface area contributed by atoms with Crippen molar-refractivity contribution in [3.63, 3.8) is 0 Å². The van der Waals surface area contributed by atoms with E-state index in [0.29, 0.717) is 31.1 Å². The van der Waals surface area contributed by atoms with Gasteiger partial charge in [0.15, 0.2) is 0 Å². The fraction of sp³-hybridized carbons (Fsp3) is 0.657. The predicted octanol–water partition coefficient (Wildman–Crippen LogP) is 7.05. The van der Waals surface area contributed by atoms with Gasteiger partial charge in [-0.3, -0.25) is 0 Å². The van der Waals surface area contributed by atoms with Gasteiger partial charge >= 0.3 is 0 Å². The molecule has 5 N–H and O–H groups in total. The number of phenols is 2. The molecule has 5 heteroatoms. The van der Waals surface area contributed by atoms with Gasteiger partial charge < -0.3 is 26.2 Å². The van der Waals surface area contributed by atoms with E-state index in [2.05, 4.69) is 109 Å². The van der Waals surface area contributed by atoms with Crippen LogP contribution in [0.1, 0.15) is 115 Å². The van der Waals surface area contributed by atoms with Crippen LogP contribution in [0.2, 0.25) is 0 Å². The molecule has 3 rings (SSSR count). The zero-order chi connectivity index (χ0) is 29.9. The quantitative estimate of drug-likeness (QED) is 0.243. The topological polar surface area (TPSA) is 76.5 Å². The molecule has 0 saturated carbocycles. The monoisotopic (exact) mass is 551 g/mol. The zero-order valence-corrected chi connectivity index (χ0v) is 27.1. The number of phenolic OH excluding ortho intramolecular Hbond substituents is 2. The van der Waals surface area contributed by atoms with E-state index in [1.807, 2.05) is 0 Å². The van der Waals surface area contributed by atoms with E-state index >= 15 is 0 Å². The van der Waals surface area contributed by atoms with Gasteiger partial charge in [0.1, 0.15) is 11.5 Å². The number of benzene rings is 2. The van der Waals surface area contributed by atoms with Crippen LogP contribution in [0.15, 0.2) is 24.3 Å². The summed E-state index contributed by atoms with van der Waals surface area (Å²) in [5, 5.41) is 33.4. The highest BCUT2D eigenvalue weighted by Crippen LogP contribution is 2.34. The molecule has 0 aliphatic carbocycles. The van der Waals surface area contributed by atoms with Gasteiger partial charge in [-0.15, -0.1) is 0 Å². The van der Waals surface area contributed by atoms with Gasteiger partial charge in [-0.2, -0.15) is 0 Å². The number of aryl methyl sites for hydroxylation is 1. The molecule has 0 aromatic heterocycles. The number of nitrogens with one attached hydrogen (secondary N) is 3. The highest BCUT2D eigenvalue weighted by atomic mass is 16.3. The van der Waals surface area contributed by atoms with Gasteiger partial charge in [0.05, 0.1) is 0 Å². The Morgan fingerprint density at radius 2 is 0.925 bits per heavy atom. The van der Waals surface area contributed by atoms with E-state index in [1.54, 1.807) is 0 Å². The van der Waals surface area contributed by atoms with Crippen molar-refractivity contribution < 1.29 is 10.2 Å². The van der Waals surface area contributed by atoms with Crippen LogP contribution in [0.3, 0.4) is 0 Å².